The fraction of sp³-hybridized carbons (Fsp3) is 0.231. The van der Waals surface area contributed by atoms with Crippen molar-refractivity contribution < 1.29 is 13.9 Å². The zero-order valence-corrected chi connectivity index (χ0v) is 20.9. The molecule has 0 radical (unpaired) electrons. The van der Waals surface area contributed by atoms with E-state index in [0.717, 1.165) is 28.1 Å². The standard InChI is InChI=1S/C26H25Cl2N3O3/c1-15-9-16(2)11-21(10-15)33-14-20-6-8-24(34-20)26(32)29-25-17(3)30-31(18(25)4)13-19-5-7-22(27)23(28)12-19/h5-12H,13-14H2,1-4H3,(H,29,32). The predicted molar refractivity (Wildman–Crippen MR) is 134 cm³/mol. The molecule has 4 rings (SSSR count). The van der Waals surface area contributed by atoms with E-state index in [0.29, 0.717) is 33.7 Å². The molecule has 2 heterocycles. The Morgan fingerprint density at radius 1 is 1.00 bits per heavy atom. The van der Waals surface area contributed by atoms with Crippen LogP contribution in [0.2, 0.25) is 10.0 Å². The third-order valence-corrected chi connectivity index (χ3v) is 6.14. The molecule has 0 saturated heterocycles. The van der Waals surface area contributed by atoms with Gasteiger partial charge in [-0.05, 0) is 80.8 Å². The first kappa shape index (κ1) is 23.9. The Balaban J connectivity index is 1.42. The molecule has 6 nitrogen and oxygen atoms in total. The molecule has 4 aromatic rings. The van der Waals surface area contributed by atoms with Gasteiger partial charge in [-0.2, -0.15) is 5.10 Å². The van der Waals surface area contributed by atoms with E-state index in [-0.39, 0.29) is 18.3 Å². The monoisotopic (exact) mass is 497 g/mol. The van der Waals surface area contributed by atoms with Gasteiger partial charge in [0.15, 0.2) is 5.76 Å². The van der Waals surface area contributed by atoms with Crippen molar-refractivity contribution in [2.45, 2.75) is 40.8 Å². The van der Waals surface area contributed by atoms with Crippen molar-refractivity contribution in [1.29, 1.82) is 0 Å². The van der Waals surface area contributed by atoms with E-state index in [1.807, 2.05) is 56.6 Å². The number of hydrogen-bond acceptors (Lipinski definition) is 4. The molecule has 0 spiro atoms. The van der Waals surface area contributed by atoms with Crippen molar-refractivity contribution >= 4 is 34.8 Å². The van der Waals surface area contributed by atoms with Crippen molar-refractivity contribution in [3.8, 4) is 5.75 Å². The number of aryl methyl sites for hydroxylation is 3. The summed E-state index contributed by atoms with van der Waals surface area (Å²) in [4.78, 5) is 12.8. The molecule has 1 N–H and O–H groups in total. The summed E-state index contributed by atoms with van der Waals surface area (Å²) in [5, 5.41) is 8.48. The highest BCUT2D eigenvalue weighted by Gasteiger charge is 2.18. The van der Waals surface area contributed by atoms with Gasteiger partial charge in [0.25, 0.3) is 5.91 Å². The smallest absolute Gasteiger partial charge is 0.291 e. The second-order valence-electron chi connectivity index (χ2n) is 8.28. The van der Waals surface area contributed by atoms with Gasteiger partial charge in [0, 0.05) is 0 Å². The summed E-state index contributed by atoms with van der Waals surface area (Å²) < 4.78 is 13.4. The number of aromatic nitrogens is 2. The van der Waals surface area contributed by atoms with Gasteiger partial charge in [0.05, 0.1) is 33.7 Å². The van der Waals surface area contributed by atoms with Crippen LogP contribution in [0.15, 0.2) is 52.9 Å². The van der Waals surface area contributed by atoms with Gasteiger partial charge in [0.1, 0.15) is 18.1 Å². The van der Waals surface area contributed by atoms with Gasteiger partial charge in [-0.25, -0.2) is 0 Å². The number of nitrogens with one attached hydrogen (secondary N) is 1. The highest BCUT2D eigenvalue weighted by Crippen LogP contribution is 2.26. The molecule has 2 aromatic carbocycles. The maximum atomic E-state index is 12.8. The SMILES string of the molecule is Cc1cc(C)cc(OCc2ccc(C(=O)Nc3c(C)nn(Cc4ccc(Cl)c(Cl)c4)c3C)o2)c1. The van der Waals surface area contributed by atoms with Crippen LogP contribution in [0.1, 0.15) is 44.4 Å². The Morgan fingerprint density at radius 2 is 1.74 bits per heavy atom. The molecule has 0 unspecified atom stereocenters. The predicted octanol–water partition coefficient (Wildman–Crippen LogP) is 6.90. The number of furan rings is 1. The fourth-order valence-electron chi connectivity index (χ4n) is 3.77. The van der Waals surface area contributed by atoms with Crippen LogP contribution in [0.5, 0.6) is 5.75 Å². The Labute approximate surface area is 208 Å². The zero-order valence-electron chi connectivity index (χ0n) is 19.4. The lowest BCUT2D eigenvalue weighted by Crippen LogP contribution is -2.12. The van der Waals surface area contributed by atoms with Crippen LogP contribution in [-0.2, 0) is 13.2 Å². The number of carbonyl (C=O) groups is 1. The molecule has 0 saturated carbocycles. The van der Waals surface area contributed by atoms with Gasteiger partial charge in [-0.3, -0.25) is 9.48 Å². The van der Waals surface area contributed by atoms with Crippen molar-refractivity contribution in [2.75, 3.05) is 5.32 Å². The molecule has 0 aliphatic rings. The van der Waals surface area contributed by atoms with E-state index in [2.05, 4.69) is 16.5 Å². The molecule has 0 atom stereocenters. The van der Waals surface area contributed by atoms with Crippen LogP contribution in [0.3, 0.4) is 0 Å². The Morgan fingerprint density at radius 3 is 2.44 bits per heavy atom. The van der Waals surface area contributed by atoms with Crippen molar-refractivity contribution in [3.63, 3.8) is 0 Å². The largest absolute Gasteiger partial charge is 0.486 e. The summed E-state index contributed by atoms with van der Waals surface area (Å²) in [5.74, 6) is 1.18. The van der Waals surface area contributed by atoms with E-state index in [9.17, 15) is 4.79 Å². The van der Waals surface area contributed by atoms with Crippen molar-refractivity contribution in [3.05, 3.63) is 98.2 Å². The van der Waals surface area contributed by atoms with E-state index >= 15 is 0 Å². The highest BCUT2D eigenvalue weighted by molar-refractivity contribution is 6.42. The van der Waals surface area contributed by atoms with Crippen LogP contribution < -0.4 is 10.1 Å². The normalized spacial score (nSPS) is 11.0. The lowest BCUT2D eigenvalue weighted by Gasteiger charge is -2.08. The van der Waals surface area contributed by atoms with E-state index in [4.69, 9.17) is 32.4 Å². The van der Waals surface area contributed by atoms with Gasteiger partial charge in [0.2, 0.25) is 0 Å². The summed E-state index contributed by atoms with van der Waals surface area (Å²) in [6.45, 7) is 8.52. The molecule has 2 aromatic heterocycles. The third kappa shape index (κ3) is 5.46. The number of carbonyl (C=O) groups excluding carboxylic acids is 1. The number of rotatable bonds is 7. The first-order valence-corrected chi connectivity index (χ1v) is 11.5. The summed E-state index contributed by atoms with van der Waals surface area (Å²) in [5.41, 5.74) is 5.38. The lowest BCUT2D eigenvalue weighted by molar-refractivity contribution is 0.0992. The Hall–Kier alpha value is -3.22. The van der Waals surface area contributed by atoms with Gasteiger partial charge < -0.3 is 14.5 Å². The molecule has 0 fully saturated rings. The van der Waals surface area contributed by atoms with Crippen LogP contribution in [0.25, 0.3) is 0 Å². The maximum absolute atomic E-state index is 12.8. The third-order valence-electron chi connectivity index (χ3n) is 5.40. The second kappa shape index (κ2) is 9.95. The average Bonchev–Trinajstić information content (AvgIpc) is 3.35. The summed E-state index contributed by atoms with van der Waals surface area (Å²) in [6.07, 6.45) is 0. The molecule has 0 aliphatic heterocycles. The number of amides is 1. The van der Waals surface area contributed by atoms with Gasteiger partial charge in [-0.1, -0.05) is 35.3 Å². The fourth-order valence-corrected chi connectivity index (χ4v) is 4.09. The number of halogens is 2. The van der Waals surface area contributed by atoms with Crippen LogP contribution in [0.4, 0.5) is 5.69 Å². The number of hydrogen-bond donors (Lipinski definition) is 1. The van der Waals surface area contributed by atoms with E-state index in [1.54, 1.807) is 18.2 Å². The minimum atomic E-state index is -0.349. The van der Waals surface area contributed by atoms with E-state index < -0.39 is 0 Å². The average molecular weight is 498 g/mol. The number of ether oxygens (including phenoxy) is 1. The lowest BCUT2D eigenvalue weighted by atomic mass is 10.1. The zero-order chi connectivity index (χ0) is 24.4. The van der Waals surface area contributed by atoms with Gasteiger partial charge >= 0.3 is 0 Å². The summed E-state index contributed by atoms with van der Waals surface area (Å²) in [6, 6.07) is 14.8. The topological polar surface area (TPSA) is 69.3 Å². The molecular weight excluding hydrogens is 473 g/mol. The molecule has 8 heteroatoms. The van der Waals surface area contributed by atoms with Gasteiger partial charge in [-0.15, -0.1) is 0 Å². The molecular formula is C26H25Cl2N3O3. The molecule has 0 bridgehead atoms. The molecule has 0 aliphatic carbocycles. The first-order valence-electron chi connectivity index (χ1n) is 10.8. The van der Waals surface area contributed by atoms with Crippen molar-refractivity contribution in [1.82, 2.24) is 9.78 Å². The number of nitrogens with zero attached hydrogens (tertiary/aromatic N) is 2. The first-order chi connectivity index (χ1) is 16.2. The minimum absolute atomic E-state index is 0.204. The molecule has 176 valence electrons. The van der Waals surface area contributed by atoms with Crippen LogP contribution >= 0.6 is 23.2 Å². The Kier molecular flexibility index (Phi) is 7.00. The summed E-state index contributed by atoms with van der Waals surface area (Å²) in [7, 11) is 0. The Bertz CT molecular complexity index is 1340. The van der Waals surface area contributed by atoms with Crippen molar-refractivity contribution in [2.24, 2.45) is 0 Å². The number of anilines is 1. The number of benzene rings is 2. The molecule has 1 amide bonds. The second-order valence-corrected chi connectivity index (χ2v) is 9.10. The minimum Gasteiger partial charge on any atom is -0.486 e. The highest BCUT2D eigenvalue weighted by atomic mass is 35.5. The molecule has 34 heavy (non-hydrogen) atoms. The quantitative estimate of drug-likeness (QED) is 0.301. The van der Waals surface area contributed by atoms with Crippen LogP contribution in [0, 0.1) is 27.7 Å². The van der Waals surface area contributed by atoms with E-state index in [1.165, 1.54) is 0 Å². The maximum Gasteiger partial charge on any atom is 0.291 e. The van der Waals surface area contributed by atoms with Crippen LogP contribution in [-0.4, -0.2) is 15.7 Å². The summed E-state index contributed by atoms with van der Waals surface area (Å²) >= 11 is 12.1.